The van der Waals surface area contributed by atoms with Gasteiger partial charge in [0.2, 0.25) is 0 Å². The van der Waals surface area contributed by atoms with Crippen molar-refractivity contribution in [3.63, 3.8) is 0 Å². The van der Waals surface area contributed by atoms with E-state index in [1.807, 2.05) is 49.4 Å². The van der Waals surface area contributed by atoms with Gasteiger partial charge in [-0.05, 0) is 43.3 Å². The molecular weight excluding hydrogens is 330 g/mol. The van der Waals surface area contributed by atoms with Crippen LogP contribution in [0.25, 0.3) is 5.69 Å². The lowest BCUT2D eigenvalue weighted by Crippen LogP contribution is -2.31. The van der Waals surface area contributed by atoms with Gasteiger partial charge in [0.15, 0.2) is 6.17 Å². The number of rotatable bonds is 6. The summed E-state index contributed by atoms with van der Waals surface area (Å²) in [7, 11) is 0. The van der Waals surface area contributed by atoms with Crippen molar-refractivity contribution >= 4 is 17.4 Å². The van der Waals surface area contributed by atoms with Gasteiger partial charge in [0.25, 0.3) is 5.91 Å². The minimum absolute atomic E-state index is 0.373. The van der Waals surface area contributed by atoms with E-state index in [4.69, 9.17) is 0 Å². The molecule has 0 aliphatic carbocycles. The summed E-state index contributed by atoms with van der Waals surface area (Å²) in [5.41, 5.74) is 2.78. The Morgan fingerprint density at radius 1 is 1.12 bits per heavy atom. The lowest BCUT2D eigenvalue weighted by Gasteiger charge is -2.14. The number of anilines is 2. The fourth-order valence-corrected chi connectivity index (χ4v) is 2.58. The van der Waals surface area contributed by atoms with Crippen molar-refractivity contribution in [1.29, 1.82) is 0 Å². The predicted octanol–water partition coefficient (Wildman–Crippen LogP) is 3.77. The SMILES string of the molecule is Cc1cc(Nc2ccccc2C(=O)NC(C)N=O)n(-c2ccccc2)n1. The Morgan fingerprint density at radius 3 is 2.54 bits per heavy atom. The van der Waals surface area contributed by atoms with Crippen LogP contribution in [0.4, 0.5) is 11.5 Å². The highest BCUT2D eigenvalue weighted by Gasteiger charge is 2.15. The molecule has 0 aliphatic heterocycles. The number of para-hydroxylation sites is 2. The number of carbonyl (C=O) groups is 1. The molecule has 26 heavy (non-hydrogen) atoms. The van der Waals surface area contributed by atoms with Crippen molar-refractivity contribution in [2.24, 2.45) is 5.18 Å². The third kappa shape index (κ3) is 3.77. The first-order valence-corrected chi connectivity index (χ1v) is 8.20. The molecule has 3 rings (SSSR count). The lowest BCUT2D eigenvalue weighted by atomic mass is 10.1. The predicted molar refractivity (Wildman–Crippen MR) is 101 cm³/mol. The molecular formula is C19H19N5O2. The molecule has 0 bridgehead atoms. The third-order valence-electron chi connectivity index (χ3n) is 3.76. The standard InChI is InChI=1S/C19H19N5O2/c1-13-12-18(24(22-13)15-8-4-3-5-9-15)21-17-11-7-6-10-16(17)19(25)20-14(2)23-26/h3-12,14,21H,1-2H3,(H,20,25). The van der Waals surface area contributed by atoms with Crippen molar-refractivity contribution < 1.29 is 4.79 Å². The van der Waals surface area contributed by atoms with Gasteiger partial charge in [-0.15, -0.1) is 4.91 Å². The minimum atomic E-state index is -0.798. The number of nitroso groups, excluding NO2 is 1. The highest BCUT2D eigenvalue weighted by atomic mass is 16.3. The molecule has 1 aromatic heterocycles. The second-order valence-corrected chi connectivity index (χ2v) is 5.84. The van der Waals surface area contributed by atoms with Crippen LogP contribution in [0.5, 0.6) is 0 Å². The molecule has 0 aliphatic rings. The average molecular weight is 349 g/mol. The van der Waals surface area contributed by atoms with Crippen molar-refractivity contribution in [2.45, 2.75) is 20.0 Å². The highest BCUT2D eigenvalue weighted by Crippen LogP contribution is 2.24. The molecule has 132 valence electrons. The van der Waals surface area contributed by atoms with E-state index in [9.17, 15) is 9.70 Å². The number of aryl methyl sites for hydroxylation is 1. The molecule has 0 spiro atoms. The Labute approximate surface area is 151 Å². The molecule has 1 amide bonds. The maximum absolute atomic E-state index is 12.4. The van der Waals surface area contributed by atoms with E-state index in [1.165, 1.54) is 6.92 Å². The quantitative estimate of drug-likeness (QED) is 0.663. The molecule has 1 unspecified atom stereocenters. The van der Waals surface area contributed by atoms with Gasteiger partial charge in [0, 0.05) is 6.07 Å². The summed E-state index contributed by atoms with van der Waals surface area (Å²) < 4.78 is 1.78. The molecule has 7 nitrogen and oxygen atoms in total. The zero-order chi connectivity index (χ0) is 18.5. The molecule has 1 heterocycles. The maximum Gasteiger partial charge on any atom is 0.255 e. The molecule has 7 heteroatoms. The molecule has 0 radical (unpaired) electrons. The van der Waals surface area contributed by atoms with Crippen LogP contribution in [0.2, 0.25) is 0 Å². The van der Waals surface area contributed by atoms with Gasteiger partial charge in [-0.1, -0.05) is 30.3 Å². The fourth-order valence-electron chi connectivity index (χ4n) is 2.58. The van der Waals surface area contributed by atoms with E-state index in [1.54, 1.807) is 22.9 Å². The molecule has 2 aromatic carbocycles. The zero-order valence-electron chi connectivity index (χ0n) is 14.5. The van der Waals surface area contributed by atoms with Crippen LogP contribution < -0.4 is 10.6 Å². The first-order chi connectivity index (χ1) is 12.6. The van der Waals surface area contributed by atoms with E-state index >= 15 is 0 Å². The zero-order valence-corrected chi connectivity index (χ0v) is 14.5. The third-order valence-corrected chi connectivity index (χ3v) is 3.76. The summed E-state index contributed by atoms with van der Waals surface area (Å²) >= 11 is 0. The molecule has 0 fully saturated rings. The average Bonchev–Trinajstić information content (AvgIpc) is 3.03. The van der Waals surface area contributed by atoms with Gasteiger partial charge in [0.05, 0.1) is 22.6 Å². The summed E-state index contributed by atoms with van der Waals surface area (Å²) in [5.74, 6) is 0.359. The second-order valence-electron chi connectivity index (χ2n) is 5.84. The number of hydrogen-bond donors (Lipinski definition) is 2. The van der Waals surface area contributed by atoms with Gasteiger partial charge in [-0.3, -0.25) is 4.79 Å². The number of hydrogen-bond acceptors (Lipinski definition) is 5. The van der Waals surface area contributed by atoms with Crippen LogP contribution in [0.3, 0.4) is 0 Å². The molecule has 0 saturated carbocycles. The summed E-state index contributed by atoms with van der Waals surface area (Å²) in [6.07, 6.45) is -0.798. The van der Waals surface area contributed by atoms with Gasteiger partial charge < -0.3 is 10.6 Å². The monoisotopic (exact) mass is 349 g/mol. The Balaban J connectivity index is 1.94. The van der Waals surface area contributed by atoms with Gasteiger partial charge in [-0.2, -0.15) is 5.10 Å². The molecule has 1 atom stereocenters. The van der Waals surface area contributed by atoms with E-state index in [-0.39, 0.29) is 5.91 Å². The van der Waals surface area contributed by atoms with Crippen LogP contribution in [-0.4, -0.2) is 21.9 Å². The first-order valence-electron chi connectivity index (χ1n) is 8.20. The van der Waals surface area contributed by atoms with Crippen LogP contribution in [0.1, 0.15) is 23.0 Å². The summed E-state index contributed by atoms with van der Waals surface area (Å²) in [6, 6.07) is 18.7. The smallest absolute Gasteiger partial charge is 0.255 e. The van der Waals surface area contributed by atoms with Crippen molar-refractivity contribution in [3.8, 4) is 5.69 Å². The Morgan fingerprint density at radius 2 is 1.81 bits per heavy atom. The number of nitrogens with zero attached hydrogens (tertiary/aromatic N) is 3. The summed E-state index contributed by atoms with van der Waals surface area (Å²) in [6.45, 7) is 3.43. The molecule has 0 saturated heterocycles. The largest absolute Gasteiger partial charge is 0.339 e. The van der Waals surface area contributed by atoms with Crippen LogP contribution in [0, 0.1) is 11.8 Å². The number of carbonyl (C=O) groups excluding carboxylic acids is 1. The van der Waals surface area contributed by atoms with Crippen LogP contribution in [-0.2, 0) is 0 Å². The van der Waals surface area contributed by atoms with Gasteiger partial charge >= 0.3 is 0 Å². The van der Waals surface area contributed by atoms with Gasteiger partial charge in [-0.25, -0.2) is 4.68 Å². The van der Waals surface area contributed by atoms with Crippen LogP contribution in [0.15, 0.2) is 65.8 Å². The van der Waals surface area contributed by atoms with Gasteiger partial charge in [0.1, 0.15) is 5.82 Å². The maximum atomic E-state index is 12.4. The summed E-state index contributed by atoms with van der Waals surface area (Å²) in [4.78, 5) is 23.0. The lowest BCUT2D eigenvalue weighted by molar-refractivity contribution is 0.0942. The molecule has 2 N–H and O–H groups in total. The van der Waals surface area contributed by atoms with Crippen LogP contribution >= 0.6 is 0 Å². The minimum Gasteiger partial charge on any atom is -0.339 e. The highest BCUT2D eigenvalue weighted by molar-refractivity contribution is 6.00. The van der Waals surface area contributed by atoms with Crippen molar-refractivity contribution in [2.75, 3.05) is 5.32 Å². The Hall–Kier alpha value is -3.48. The fraction of sp³-hybridized carbons (Fsp3) is 0.158. The van der Waals surface area contributed by atoms with Crippen molar-refractivity contribution in [3.05, 3.63) is 76.8 Å². The number of aromatic nitrogens is 2. The van der Waals surface area contributed by atoms with Crippen molar-refractivity contribution in [1.82, 2.24) is 15.1 Å². The Kier molecular flexibility index (Phi) is 5.07. The summed E-state index contributed by atoms with van der Waals surface area (Å²) in [5, 5.41) is 13.1. The van der Waals surface area contributed by atoms with E-state index in [2.05, 4.69) is 20.9 Å². The topological polar surface area (TPSA) is 88.4 Å². The van der Waals surface area contributed by atoms with E-state index < -0.39 is 6.17 Å². The Bertz CT molecular complexity index is 921. The first kappa shape index (κ1) is 17.3. The normalized spacial score (nSPS) is 11.6. The molecule has 3 aromatic rings. The second kappa shape index (κ2) is 7.60. The number of benzene rings is 2. The van der Waals surface area contributed by atoms with E-state index in [0.29, 0.717) is 11.3 Å². The number of nitrogens with one attached hydrogen (secondary N) is 2. The number of amides is 1. The van der Waals surface area contributed by atoms with E-state index in [0.717, 1.165) is 17.2 Å².